The molecule has 13 heteroatoms. The molecule has 0 saturated carbocycles. The van der Waals surface area contributed by atoms with Crippen LogP contribution in [0.4, 0.5) is 29.7 Å². The smallest absolute Gasteiger partial charge is 0.336 e. The molecule has 1 aliphatic rings. The first-order valence-corrected chi connectivity index (χ1v) is 11.4. The van der Waals surface area contributed by atoms with Gasteiger partial charge in [-0.15, -0.1) is 0 Å². The van der Waals surface area contributed by atoms with Crippen LogP contribution in [0.5, 0.6) is 0 Å². The Bertz CT molecular complexity index is 1210. The average Bonchev–Trinajstić information content (AvgIpc) is 3.19. The van der Waals surface area contributed by atoms with Crippen LogP contribution in [0.2, 0.25) is 0 Å². The van der Waals surface area contributed by atoms with Crippen molar-refractivity contribution in [3.8, 4) is 0 Å². The number of amides is 2. The fourth-order valence-corrected chi connectivity index (χ4v) is 4.26. The third kappa shape index (κ3) is 5.74. The van der Waals surface area contributed by atoms with E-state index in [-0.39, 0.29) is 17.3 Å². The molecule has 4 rings (SSSR count). The van der Waals surface area contributed by atoms with Crippen LogP contribution >= 0.6 is 11.5 Å². The summed E-state index contributed by atoms with van der Waals surface area (Å²) in [5.74, 6) is -0.475. The average molecular weight is 506 g/mol. The second-order valence-corrected chi connectivity index (χ2v) is 8.78. The van der Waals surface area contributed by atoms with Gasteiger partial charge < -0.3 is 20.4 Å². The van der Waals surface area contributed by atoms with Crippen molar-refractivity contribution in [3.63, 3.8) is 0 Å². The van der Waals surface area contributed by atoms with Crippen LogP contribution in [0.15, 0.2) is 36.7 Å². The fourth-order valence-electron chi connectivity index (χ4n) is 3.46. The zero-order valence-electron chi connectivity index (χ0n) is 18.9. The van der Waals surface area contributed by atoms with E-state index < -0.39 is 17.8 Å². The largest absolute Gasteiger partial charge is 0.434 e. The van der Waals surface area contributed by atoms with Gasteiger partial charge in [0.05, 0.1) is 23.7 Å². The van der Waals surface area contributed by atoms with Crippen molar-refractivity contribution in [2.24, 2.45) is 0 Å². The van der Waals surface area contributed by atoms with Gasteiger partial charge in [0.1, 0.15) is 10.8 Å². The van der Waals surface area contributed by atoms with Crippen molar-refractivity contribution in [2.75, 3.05) is 43.9 Å². The Morgan fingerprint density at radius 3 is 2.31 bits per heavy atom. The first-order chi connectivity index (χ1) is 16.6. The van der Waals surface area contributed by atoms with Gasteiger partial charge in [-0.3, -0.25) is 9.59 Å². The van der Waals surface area contributed by atoms with E-state index in [0.29, 0.717) is 41.2 Å². The van der Waals surface area contributed by atoms with Crippen molar-refractivity contribution in [1.82, 2.24) is 24.1 Å². The standard InChI is InChI=1S/C22H22F3N7O2S/c1-13-18(20(35-30-13)29-17-12-26-16(11-27-17)22(23,24)25)19(33)28-15-5-3-14(4-6-15)21(34)32-9-7-31(2)8-10-32/h3-6,11-12H,7-10H2,1-2H3,(H,27,29)(H,28,33). The maximum Gasteiger partial charge on any atom is 0.434 e. The number of nitrogens with zero attached hydrogens (tertiary/aromatic N) is 5. The summed E-state index contributed by atoms with van der Waals surface area (Å²) in [4.78, 5) is 36.7. The number of piperazine rings is 1. The number of benzene rings is 1. The summed E-state index contributed by atoms with van der Waals surface area (Å²) in [5.41, 5.74) is 0.571. The molecule has 184 valence electrons. The van der Waals surface area contributed by atoms with Crippen molar-refractivity contribution < 1.29 is 22.8 Å². The number of alkyl halides is 3. The summed E-state index contributed by atoms with van der Waals surface area (Å²) in [6, 6.07) is 6.60. The maximum atomic E-state index is 12.9. The third-order valence-corrected chi connectivity index (χ3v) is 6.31. The molecule has 1 aromatic carbocycles. The Morgan fingerprint density at radius 2 is 1.71 bits per heavy atom. The number of halogens is 3. The summed E-state index contributed by atoms with van der Waals surface area (Å²) in [5, 5.41) is 5.88. The van der Waals surface area contributed by atoms with Gasteiger partial charge in [0.25, 0.3) is 11.8 Å². The molecule has 2 aromatic heterocycles. The number of carbonyl (C=O) groups excluding carboxylic acids is 2. The predicted octanol–water partition coefficient (Wildman–Crippen LogP) is 3.64. The quantitative estimate of drug-likeness (QED) is 0.546. The highest BCUT2D eigenvalue weighted by Crippen LogP contribution is 2.30. The number of hydrogen-bond donors (Lipinski definition) is 2. The van der Waals surface area contributed by atoms with E-state index in [1.165, 1.54) is 0 Å². The van der Waals surface area contributed by atoms with E-state index in [9.17, 15) is 22.8 Å². The van der Waals surface area contributed by atoms with Gasteiger partial charge in [-0.1, -0.05) is 0 Å². The molecule has 9 nitrogen and oxygen atoms in total. The Labute approximate surface area is 203 Å². The number of likely N-dealkylation sites (N-methyl/N-ethyl adjacent to an activating group) is 1. The minimum Gasteiger partial charge on any atom is -0.336 e. The van der Waals surface area contributed by atoms with E-state index in [1.54, 1.807) is 36.1 Å². The molecule has 3 aromatic rings. The van der Waals surface area contributed by atoms with E-state index in [2.05, 4.69) is 29.9 Å². The molecule has 1 aliphatic heterocycles. The topological polar surface area (TPSA) is 103 Å². The Balaban J connectivity index is 1.43. The first-order valence-electron chi connectivity index (χ1n) is 10.6. The summed E-state index contributed by atoms with van der Waals surface area (Å²) in [7, 11) is 2.02. The summed E-state index contributed by atoms with van der Waals surface area (Å²) in [6.07, 6.45) is -3.04. The number of hydrogen-bond acceptors (Lipinski definition) is 8. The van der Waals surface area contributed by atoms with Gasteiger partial charge in [0.15, 0.2) is 5.69 Å². The lowest BCUT2D eigenvalue weighted by atomic mass is 10.1. The lowest BCUT2D eigenvalue weighted by Crippen LogP contribution is -2.47. The molecule has 1 saturated heterocycles. The van der Waals surface area contributed by atoms with Crippen LogP contribution in [-0.4, -0.2) is 69.2 Å². The Kier molecular flexibility index (Phi) is 6.98. The van der Waals surface area contributed by atoms with Crippen LogP contribution in [0.3, 0.4) is 0 Å². The predicted molar refractivity (Wildman–Crippen MR) is 125 cm³/mol. The molecule has 0 atom stereocenters. The van der Waals surface area contributed by atoms with Gasteiger partial charge in [-0.25, -0.2) is 9.97 Å². The molecule has 3 heterocycles. The molecule has 0 aliphatic carbocycles. The van der Waals surface area contributed by atoms with Crippen molar-refractivity contribution in [2.45, 2.75) is 13.1 Å². The van der Waals surface area contributed by atoms with Gasteiger partial charge in [0, 0.05) is 37.4 Å². The number of aryl methyl sites for hydroxylation is 1. The molecular weight excluding hydrogens is 483 g/mol. The Hall–Kier alpha value is -3.58. The minimum atomic E-state index is -4.59. The molecule has 0 unspecified atom stereocenters. The second-order valence-electron chi connectivity index (χ2n) is 8.01. The SMILES string of the molecule is Cc1nsc(Nc2cnc(C(F)(F)F)cn2)c1C(=O)Nc1ccc(C(=O)N2CCN(C)CC2)cc1. The second kappa shape index (κ2) is 9.96. The van der Waals surface area contributed by atoms with Crippen LogP contribution in [0.1, 0.15) is 32.1 Å². The highest BCUT2D eigenvalue weighted by molar-refractivity contribution is 7.10. The zero-order chi connectivity index (χ0) is 25.2. The van der Waals surface area contributed by atoms with Gasteiger partial charge in [-0.2, -0.15) is 17.5 Å². The molecule has 0 spiro atoms. The summed E-state index contributed by atoms with van der Waals surface area (Å²) in [6.45, 7) is 4.62. The summed E-state index contributed by atoms with van der Waals surface area (Å²) >= 11 is 0.976. The van der Waals surface area contributed by atoms with Crippen molar-refractivity contribution in [1.29, 1.82) is 0 Å². The number of carbonyl (C=O) groups is 2. The molecule has 0 bridgehead atoms. The van der Waals surface area contributed by atoms with Gasteiger partial charge >= 0.3 is 6.18 Å². The fraction of sp³-hybridized carbons (Fsp3) is 0.318. The zero-order valence-corrected chi connectivity index (χ0v) is 19.7. The first kappa shape index (κ1) is 24.5. The molecule has 2 N–H and O–H groups in total. The molecule has 0 radical (unpaired) electrons. The third-order valence-electron chi connectivity index (χ3n) is 5.45. The van der Waals surface area contributed by atoms with Crippen molar-refractivity contribution >= 4 is 39.9 Å². The summed E-state index contributed by atoms with van der Waals surface area (Å²) < 4.78 is 42.3. The van der Waals surface area contributed by atoms with Gasteiger partial charge in [-0.05, 0) is 49.8 Å². The number of nitrogens with one attached hydrogen (secondary N) is 2. The van der Waals surface area contributed by atoms with Crippen LogP contribution in [0.25, 0.3) is 0 Å². The number of rotatable bonds is 5. The van der Waals surface area contributed by atoms with E-state index in [0.717, 1.165) is 30.8 Å². The highest BCUT2D eigenvalue weighted by Gasteiger charge is 2.33. The van der Waals surface area contributed by atoms with Crippen molar-refractivity contribution in [3.05, 3.63) is 59.2 Å². The highest BCUT2D eigenvalue weighted by atomic mass is 32.1. The molecular formula is C22H22F3N7O2S. The van der Waals surface area contributed by atoms with E-state index in [1.807, 2.05) is 7.05 Å². The van der Waals surface area contributed by atoms with E-state index >= 15 is 0 Å². The maximum absolute atomic E-state index is 12.9. The molecule has 2 amide bonds. The minimum absolute atomic E-state index is 0.0440. The van der Waals surface area contributed by atoms with Crippen LogP contribution in [0, 0.1) is 6.92 Å². The van der Waals surface area contributed by atoms with Crippen LogP contribution < -0.4 is 10.6 Å². The number of aromatic nitrogens is 3. The number of anilines is 3. The lowest BCUT2D eigenvalue weighted by Gasteiger charge is -2.32. The van der Waals surface area contributed by atoms with Gasteiger partial charge in [0.2, 0.25) is 0 Å². The van der Waals surface area contributed by atoms with Crippen LogP contribution in [-0.2, 0) is 6.18 Å². The van der Waals surface area contributed by atoms with E-state index in [4.69, 9.17) is 0 Å². The Morgan fingerprint density at radius 1 is 1.03 bits per heavy atom. The lowest BCUT2D eigenvalue weighted by molar-refractivity contribution is -0.141. The molecule has 1 fully saturated rings. The molecule has 35 heavy (non-hydrogen) atoms. The monoisotopic (exact) mass is 505 g/mol. The normalized spacial score (nSPS) is 14.6.